The van der Waals surface area contributed by atoms with Gasteiger partial charge in [-0.05, 0) is 49.7 Å². The summed E-state index contributed by atoms with van der Waals surface area (Å²) in [7, 11) is 1.55. The Balaban J connectivity index is 2.28. The smallest absolute Gasteiger partial charge is 0.132 e. The number of benzene rings is 2. The number of anilines is 1. The van der Waals surface area contributed by atoms with Crippen molar-refractivity contribution in [3.05, 3.63) is 57.8 Å². The average molecular weight is 338 g/mol. The maximum atomic E-state index is 14.0. The maximum Gasteiger partial charge on any atom is 0.132 e. The van der Waals surface area contributed by atoms with Crippen LogP contribution in [0.25, 0.3) is 0 Å². The predicted molar refractivity (Wildman–Crippen MR) is 83.9 cm³/mol. The fraction of sp³-hybridized carbons (Fsp3) is 0.250. The van der Waals surface area contributed by atoms with Gasteiger partial charge < -0.3 is 10.1 Å². The molecule has 0 aliphatic carbocycles. The molecule has 1 atom stereocenters. The first-order valence-electron chi connectivity index (χ1n) is 6.38. The van der Waals surface area contributed by atoms with Crippen LogP contribution >= 0.6 is 15.9 Å². The van der Waals surface area contributed by atoms with Gasteiger partial charge in [-0.2, -0.15) is 0 Å². The molecule has 0 radical (unpaired) electrons. The third-order valence-electron chi connectivity index (χ3n) is 3.21. The van der Waals surface area contributed by atoms with Crippen LogP contribution in [0, 0.1) is 12.7 Å². The van der Waals surface area contributed by atoms with Gasteiger partial charge in [0.15, 0.2) is 0 Å². The Morgan fingerprint density at radius 2 is 2.00 bits per heavy atom. The minimum atomic E-state index is -0.266. The normalized spacial score (nSPS) is 12.1. The summed E-state index contributed by atoms with van der Waals surface area (Å²) in [5.41, 5.74) is 2.61. The summed E-state index contributed by atoms with van der Waals surface area (Å²) in [5, 5.41) is 3.30. The second-order valence-corrected chi connectivity index (χ2v) is 5.54. The van der Waals surface area contributed by atoms with Crippen molar-refractivity contribution in [1.82, 2.24) is 0 Å². The predicted octanol–water partition coefficient (Wildman–Crippen LogP) is 5.08. The zero-order valence-corrected chi connectivity index (χ0v) is 13.3. The van der Waals surface area contributed by atoms with E-state index in [4.69, 9.17) is 4.74 Å². The first kappa shape index (κ1) is 14.9. The molecule has 2 aromatic carbocycles. The molecule has 1 N–H and O–H groups in total. The molecular formula is C16H17BrFNO. The van der Waals surface area contributed by atoms with Crippen LogP contribution in [0.4, 0.5) is 10.1 Å². The van der Waals surface area contributed by atoms with E-state index in [2.05, 4.69) is 21.2 Å². The van der Waals surface area contributed by atoms with Crippen LogP contribution in [0.1, 0.15) is 24.1 Å². The summed E-state index contributed by atoms with van der Waals surface area (Å²) < 4.78 is 20.3. The third kappa shape index (κ3) is 3.12. The lowest BCUT2D eigenvalue weighted by molar-refractivity contribution is 0.402. The van der Waals surface area contributed by atoms with Crippen molar-refractivity contribution in [2.24, 2.45) is 0 Å². The molecular weight excluding hydrogens is 321 g/mol. The Bertz CT molecular complexity index is 615. The van der Waals surface area contributed by atoms with Crippen LogP contribution in [0.5, 0.6) is 5.75 Å². The van der Waals surface area contributed by atoms with Gasteiger partial charge in [-0.15, -0.1) is 0 Å². The Kier molecular flexibility index (Phi) is 4.65. The highest BCUT2D eigenvalue weighted by molar-refractivity contribution is 9.10. The fourth-order valence-corrected chi connectivity index (χ4v) is 2.42. The van der Waals surface area contributed by atoms with Crippen molar-refractivity contribution < 1.29 is 9.13 Å². The largest absolute Gasteiger partial charge is 0.496 e. The number of rotatable bonds is 4. The van der Waals surface area contributed by atoms with Gasteiger partial charge in [0.25, 0.3) is 0 Å². The van der Waals surface area contributed by atoms with Gasteiger partial charge >= 0.3 is 0 Å². The molecule has 2 rings (SSSR count). The second kappa shape index (κ2) is 6.27. The summed E-state index contributed by atoms with van der Waals surface area (Å²) in [6.07, 6.45) is 0. The van der Waals surface area contributed by atoms with E-state index in [0.29, 0.717) is 11.3 Å². The molecule has 0 bridgehead atoms. The number of aryl methyl sites for hydroxylation is 1. The number of nitrogens with one attached hydrogen (secondary N) is 1. The lowest BCUT2D eigenvalue weighted by Crippen LogP contribution is -2.10. The van der Waals surface area contributed by atoms with E-state index in [1.807, 2.05) is 32.0 Å². The number of halogens is 2. The van der Waals surface area contributed by atoms with Crippen LogP contribution in [0.15, 0.2) is 40.9 Å². The van der Waals surface area contributed by atoms with E-state index in [0.717, 1.165) is 15.7 Å². The molecule has 2 aromatic rings. The van der Waals surface area contributed by atoms with Gasteiger partial charge in [-0.3, -0.25) is 0 Å². The summed E-state index contributed by atoms with van der Waals surface area (Å²) in [6, 6.07) is 10.6. The minimum absolute atomic E-state index is 0.188. The summed E-state index contributed by atoms with van der Waals surface area (Å²) >= 11 is 3.47. The summed E-state index contributed by atoms with van der Waals surface area (Å²) in [6.45, 7) is 3.93. The Labute approximate surface area is 127 Å². The van der Waals surface area contributed by atoms with Crippen LogP contribution in [0.2, 0.25) is 0 Å². The molecule has 0 aromatic heterocycles. The van der Waals surface area contributed by atoms with Gasteiger partial charge in [0.1, 0.15) is 11.6 Å². The molecule has 0 saturated heterocycles. The van der Waals surface area contributed by atoms with Crippen molar-refractivity contribution >= 4 is 21.6 Å². The van der Waals surface area contributed by atoms with Gasteiger partial charge in [-0.25, -0.2) is 4.39 Å². The summed E-state index contributed by atoms with van der Waals surface area (Å²) in [5.74, 6) is 0.289. The highest BCUT2D eigenvalue weighted by Crippen LogP contribution is 2.31. The van der Waals surface area contributed by atoms with E-state index < -0.39 is 0 Å². The molecule has 0 heterocycles. The van der Waals surface area contributed by atoms with Crippen molar-refractivity contribution in [1.29, 1.82) is 0 Å². The number of hydrogen-bond acceptors (Lipinski definition) is 2. The molecule has 0 spiro atoms. The van der Waals surface area contributed by atoms with Crippen molar-refractivity contribution in [3.8, 4) is 5.75 Å². The van der Waals surface area contributed by atoms with Gasteiger partial charge in [0, 0.05) is 10.2 Å². The average Bonchev–Trinajstić information content (AvgIpc) is 2.42. The molecule has 0 aliphatic rings. The van der Waals surface area contributed by atoms with Crippen molar-refractivity contribution in [3.63, 3.8) is 0 Å². The van der Waals surface area contributed by atoms with E-state index in [1.165, 1.54) is 6.07 Å². The Hall–Kier alpha value is -1.55. The minimum Gasteiger partial charge on any atom is -0.496 e. The van der Waals surface area contributed by atoms with Crippen LogP contribution in [-0.2, 0) is 0 Å². The number of ether oxygens (including phenoxy) is 1. The van der Waals surface area contributed by atoms with Crippen LogP contribution < -0.4 is 10.1 Å². The molecule has 106 valence electrons. The zero-order valence-electron chi connectivity index (χ0n) is 11.7. The topological polar surface area (TPSA) is 21.3 Å². The molecule has 20 heavy (non-hydrogen) atoms. The van der Waals surface area contributed by atoms with Crippen LogP contribution in [0.3, 0.4) is 0 Å². The molecule has 0 fully saturated rings. The SMILES string of the molecule is COc1cccc(F)c1C(C)Nc1ccc(Br)c(C)c1. The lowest BCUT2D eigenvalue weighted by atomic mass is 10.1. The number of hydrogen-bond donors (Lipinski definition) is 1. The highest BCUT2D eigenvalue weighted by Gasteiger charge is 2.16. The first-order chi connectivity index (χ1) is 9.52. The quantitative estimate of drug-likeness (QED) is 0.840. The van der Waals surface area contributed by atoms with Crippen molar-refractivity contribution in [2.75, 3.05) is 12.4 Å². The Morgan fingerprint density at radius 1 is 1.25 bits per heavy atom. The third-order valence-corrected chi connectivity index (χ3v) is 4.10. The molecule has 2 nitrogen and oxygen atoms in total. The molecule has 0 amide bonds. The lowest BCUT2D eigenvalue weighted by Gasteiger charge is -2.19. The molecule has 0 aliphatic heterocycles. The van der Waals surface area contributed by atoms with Crippen LogP contribution in [-0.4, -0.2) is 7.11 Å². The Morgan fingerprint density at radius 3 is 2.65 bits per heavy atom. The first-order valence-corrected chi connectivity index (χ1v) is 7.17. The summed E-state index contributed by atoms with van der Waals surface area (Å²) in [4.78, 5) is 0. The van der Waals surface area contributed by atoms with Gasteiger partial charge in [-0.1, -0.05) is 22.0 Å². The number of methoxy groups -OCH3 is 1. The fourth-order valence-electron chi connectivity index (χ4n) is 2.17. The molecule has 4 heteroatoms. The molecule has 1 unspecified atom stereocenters. The standard InChI is InChI=1S/C16H17BrFNO/c1-10-9-12(7-8-13(10)17)19-11(2)16-14(18)5-4-6-15(16)20-3/h4-9,11,19H,1-3H3. The second-order valence-electron chi connectivity index (χ2n) is 4.69. The molecule has 0 saturated carbocycles. The zero-order chi connectivity index (χ0) is 14.7. The monoisotopic (exact) mass is 337 g/mol. The van der Waals surface area contributed by atoms with E-state index in [1.54, 1.807) is 19.2 Å². The highest BCUT2D eigenvalue weighted by atomic mass is 79.9. The van der Waals surface area contributed by atoms with Gasteiger partial charge in [0.2, 0.25) is 0 Å². The van der Waals surface area contributed by atoms with E-state index in [-0.39, 0.29) is 11.9 Å². The van der Waals surface area contributed by atoms with E-state index in [9.17, 15) is 4.39 Å². The van der Waals surface area contributed by atoms with Crippen molar-refractivity contribution in [2.45, 2.75) is 19.9 Å². The van der Waals surface area contributed by atoms with Gasteiger partial charge in [0.05, 0.1) is 18.7 Å². The maximum absolute atomic E-state index is 14.0. The van der Waals surface area contributed by atoms with E-state index >= 15 is 0 Å².